The highest BCUT2D eigenvalue weighted by Gasteiger charge is 2.16. The fraction of sp³-hybridized carbons (Fsp3) is 0.167. The monoisotopic (exact) mass is 780 g/mol. The van der Waals surface area contributed by atoms with E-state index in [1.54, 1.807) is 36.4 Å². The summed E-state index contributed by atoms with van der Waals surface area (Å²) in [6.45, 7) is -5.80. The number of ether oxygens (including phenoxy) is 6. The van der Waals surface area contributed by atoms with Crippen LogP contribution in [0.1, 0.15) is 21.2 Å². The van der Waals surface area contributed by atoms with Gasteiger partial charge in [-0.05, 0) is 72.8 Å². The lowest BCUT2D eigenvalue weighted by Gasteiger charge is -2.09. The molecule has 0 spiro atoms. The van der Waals surface area contributed by atoms with Crippen LogP contribution in [0.25, 0.3) is 11.4 Å². The van der Waals surface area contributed by atoms with Crippen molar-refractivity contribution in [3.8, 4) is 45.9 Å². The maximum absolute atomic E-state index is 12.4. The molecule has 0 radical (unpaired) electrons. The molecule has 6 aromatic rings. The van der Waals surface area contributed by atoms with Gasteiger partial charge in [0.2, 0.25) is 11.6 Å². The number of amides is 2. The van der Waals surface area contributed by atoms with Gasteiger partial charge in [0.25, 0.3) is 11.8 Å². The highest BCUT2D eigenvalue weighted by molar-refractivity contribution is 6.02. The Morgan fingerprint density at radius 3 is 1.21 bits per heavy atom. The third kappa shape index (κ3) is 10.4. The minimum Gasteiger partial charge on any atom is -0.493 e. The van der Waals surface area contributed by atoms with E-state index in [0.29, 0.717) is 45.7 Å². The lowest BCUT2D eigenvalue weighted by Crippen LogP contribution is -2.14. The third-order valence-electron chi connectivity index (χ3n) is 7.33. The van der Waals surface area contributed by atoms with E-state index in [9.17, 15) is 27.2 Å². The van der Waals surface area contributed by atoms with Crippen LogP contribution in [0.4, 0.5) is 28.9 Å². The minimum atomic E-state index is -2.90. The largest absolute Gasteiger partial charge is 0.493 e. The maximum Gasteiger partial charge on any atom is 0.387 e. The number of halogens is 4. The van der Waals surface area contributed by atoms with E-state index in [0.717, 1.165) is 0 Å². The summed E-state index contributed by atoms with van der Waals surface area (Å²) in [5, 5.41) is 13.5. The lowest BCUT2D eigenvalue weighted by atomic mass is 10.2. The summed E-state index contributed by atoms with van der Waals surface area (Å²) in [5.41, 5.74) is 2.01. The number of aromatic nitrogens is 6. The van der Waals surface area contributed by atoms with Gasteiger partial charge in [-0.3, -0.25) is 9.59 Å². The summed E-state index contributed by atoms with van der Waals surface area (Å²) in [5.74, 6) is 0.840. The molecule has 20 heteroatoms. The molecular formula is C36H32F4N8O8. The second-order valence-electron chi connectivity index (χ2n) is 10.8. The van der Waals surface area contributed by atoms with E-state index < -0.39 is 25.0 Å². The van der Waals surface area contributed by atoms with E-state index in [1.165, 1.54) is 99.0 Å². The normalized spacial score (nSPS) is 10.6. The van der Waals surface area contributed by atoms with E-state index in [2.05, 4.69) is 40.3 Å². The Labute approximate surface area is 315 Å². The van der Waals surface area contributed by atoms with Crippen LogP contribution in [-0.4, -0.2) is 83.0 Å². The molecule has 2 heterocycles. The molecule has 0 aliphatic heterocycles. The average molecular weight is 781 g/mol. The first-order valence-corrected chi connectivity index (χ1v) is 16.0. The number of hydrogen-bond donors (Lipinski definition) is 2. The highest BCUT2D eigenvalue weighted by Crippen LogP contribution is 2.31. The Morgan fingerprint density at radius 2 is 0.893 bits per heavy atom. The van der Waals surface area contributed by atoms with Crippen LogP contribution in [0.3, 0.4) is 0 Å². The van der Waals surface area contributed by atoms with Crippen LogP contribution >= 0.6 is 0 Å². The second kappa shape index (κ2) is 18.6. The Balaban J connectivity index is 0.000000214. The van der Waals surface area contributed by atoms with E-state index in [-0.39, 0.29) is 23.1 Å². The maximum atomic E-state index is 12.4. The molecular weight excluding hydrogens is 748 g/mol. The van der Waals surface area contributed by atoms with Gasteiger partial charge in [-0.1, -0.05) is 0 Å². The summed E-state index contributed by atoms with van der Waals surface area (Å²) in [6, 6.07) is 21.4. The average Bonchev–Trinajstić information content (AvgIpc) is 3.90. The first-order valence-electron chi connectivity index (χ1n) is 16.0. The van der Waals surface area contributed by atoms with E-state index in [1.807, 2.05) is 0 Å². The predicted molar refractivity (Wildman–Crippen MR) is 191 cm³/mol. The van der Waals surface area contributed by atoms with Gasteiger partial charge in [0.05, 0.1) is 39.8 Å². The van der Waals surface area contributed by atoms with E-state index in [4.69, 9.17) is 18.9 Å². The van der Waals surface area contributed by atoms with Crippen molar-refractivity contribution in [2.45, 2.75) is 13.2 Å². The number of hydrogen-bond acceptors (Lipinski definition) is 12. The van der Waals surface area contributed by atoms with Gasteiger partial charge >= 0.3 is 13.2 Å². The Kier molecular flexibility index (Phi) is 13.2. The molecule has 6 rings (SSSR count). The van der Waals surface area contributed by atoms with Crippen LogP contribution in [0.15, 0.2) is 97.6 Å². The molecule has 0 saturated heterocycles. The standard InChI is InChI=1S/2C18H16F2N4O4/c2*1-26-14-8-3-11(9-15(14)27-2)22-17(25)16-21-10-24(23-16)12-4-6-13(7-5-12)28-18(19)20/h2*3-10,18H,1-2H3,(H,22,25). The lowest BCUT2D eigenvalue weighted by molar-refractivity contribution is -0.0505. The number of carbonyl (C=O) groups is 2. The van der Waals surface area contributed by atoms with Crippen molar-refractivity contribution in [1.82, 2.24) is 29.5 Å². The number of benzene rings is 4. The zero-order valence-corrected chi connectivity index (χ0v) is 29.9. The Morgan fingerprint density at radius 1 is 0.536 bits per heavy atom. The number of methoxy groups -OCH3 is 4. The van der Waals surface area contributed by atoms with E-state index >= 15 is 0 Å². The van der Waals surface area contributed by atoms with Crippen molar-refractivity contribution in [1.29, 1.82) is 0 Å². The van der Waals surface area contributed by atoms with Crippen LogP contribution < -0.4 is 39.1 Å². The third-order valence-corrected chi connectivity index (χ3v) is 7.33. The second-order valence-corrected chi connectivity index (χ2v) is 10.8. The SMILES string of the molecule is COc1ccc(NC(=O)c2ncn(-c3ccc(OC(F)F)cc3)n2)cc1OC.COc1ccc(NC(=O)c2ncn(-c3ccc(OC(F)F)cc3)n2)cc1OC. The topological polar surface area (TPSA) is 175 Å². The van der Waals surface area contributed by atoms with Crippen molar-refractivity contribution >= 4 is 23.2 Å². The number of nitrogens with one attached hydrogen (secondary N) is 2. The van der Waals surface area contributed by atoms with Gasteiger partial charge in [-0.25, -0.2) is 19.3 Å². The Hall–Kier alpha value is -7.38. The van der Waals surface area contributed by atoms with Crippen LogP contribution in [0, 0.1) is 0 Å². The van der Waals surface area contributed by atoms with Gasteiger partial charge in [0, 0.05) is 23.5 Å². The number of rotatable bonds is 14. The van der Waals surface area contributed by atoms with Crippen LogP contribution in [0.2, 0.25) is 0 Å². The summed E-state index contributed by atoms with van der Waals surface area (Å²) in [4.78, 5) is 32.7. The summed E-state index contributed by atoms with van der Waals surface area (Å²) in [6.07, 6.45) is 2.68. The quantitative estimate of drug-likeness (QED) is 0.119. The van der Waals surface area contributed by atoms with Gasteiger partial charge in [-0.15, -0.1) is 10.2 Å². The zero-order chi connectivity index (χ0) is 40.2. The van der Waals surface area contributed by atoms with Gasteiger partial charge in [0.15, 0.2) is 23.0 Å². The summed E-state index contributed by atoms with van der Waals surface area (Å²) >= 11 is 0. The molecule has 0 atom stereocenters. The molecule has 0 fully saturated rings. The molecule has 2 amide bonds. The first-order chi connectivity index (χ1) is 27.0. The highest BCUT2D eigenvalue weighted by atomic mass is 19.3. The molecule has 0 aliphatic carbocycles. The number of anilines is 2. The van der Waals surface area contributed by atoms with Crippen molar-refractivity contribution < 1.29 is 55.6 Å². The minimum absolute atomic E-state index is 0.0188. The zero-order valence-electron chi connectivity index (χ0n) is 29.9. The first kappa shape index (κ1) is 39.8. The molecule has 4 aromatic carbocycles. The van der Waals surface area contributed by atoms with Crippen LogP contribution in [0.5, 0.6) is 34.5 Å². The van der Waals surface area contributed by atoms with Crippen molar-refractivity contribution in [2.75, 3.05) is 39.1 Å². The fourth-order valence-electron chi connectivity index (χ4n) is 4.75. The van der Waals surface area contributed by atoms with Gasteiger partial charge in [-0.2, -0.15) is 17.6 Å². The molecule has 0 unspecified atom stereocenters. The van der Waals surface area contributed by atoms with Gasteiger partial charge < -0.3 is 39.1 Å². The smallest absolute Gasteiger partial charge is 0.387 e. The van der Waals surface area contributed by atoms with Crippen molar-refractivity contribution in [2.24, 2.45) is 0 Å². The molecule has 2 N–H and O–H groups in total. The molecule has 56 heavy (non-hydrogen) atoms. The molecule has 0 aliphatic rings. The molecule has 292 valence electrons. The van der Waals surface area contributed by atoms with Crippen molar-refractivity contribution in [3.63, 3.8) is 0 Å². The molecule has 16 nitrogen and oxygen atoms in total. The predicted octanol–water partition coefficient (Wildman–Crippen LogP) is 6.28. The number of carbonyl (C=O) groups excluding carboxylic acids is 2. The Bertz CT molecular complexity index is 2080. The summed E-state index contributed by atoms with van der Waals surface area (Å²) < 4.78 is 80.7. The number of alkyl halides is 4. The molecule has 0 saturated carbocycles. The number of nitrogens with zero attached hydrogens (tertiary/aromatic N) is 6. The fourth-order valence-corrected chi connectivity index (χ4v) is 4.75. The van der Waals surface area contributed by atoms with Crippen LogP contribution in [-0.2, 0) is 0 Å². The van der Waals surface area contributed by atoms with Gasteiger partial charge in [0.1, 0.15) is 24.2 Å². The van der Waals surface area contributed by atoms with Crippen molar-refractivity contribution in [3.05, 3.63) is 109 Å². The molecule has 2 aromatic heterocycles. The molecule has 0 bridgehead atoms. The summed E-state index contributed by atoms with van der Waals surface area (Å²) in [7, 11) is 6.01.